The van der Waals surface area contributed by atoms with Gasteiger partial charge in [0.1, 0.15) is 5.75 Å². The van der Waals surface area contributed by atoms with E-state index in [1.807, 2.05) is 27.0 Å². The quantitative estimate of drug-likeness (QED) is 0.641. The Kier molecular flexibility index (Phi) is 4.82. The Morgan fingerprint density at radius 3 is 2.48 bits per heavy atom. The first-order chi connectivity index (χ1) is 10.1. The second kappa shape index (κ2) is 6.60. The van der Waals surface area contributed by atoms with Crippen molar-refractivity contribution in [2.45, 2.75) is 33.2 Å². The van der Waals surface area contributed by atoms with Crippen LogP contribution < -0.4 is 16.0 Å². The van der Waals surface area contributed by atoms with Gasteiger partial charge in [0.05, 0.1) is 30.7 Å². The van der Waals surface area contributed by atoms with Crippen molar-refractivity contribution in [3.8, 4) is 5.75 Å². The van der Waals surface area contributed by atoms with Crippen LogP contribution in [-0.2, 0) is 6.42 Å². The molecule has 0 saturated heterocycles. The maximum atomic E-state index is 5.66. The van der Waals surface area contributed by atoms with Crippen LogP contribution in [0.15, 0.2) is 18.6 Å². The van der Waals surface area contributed by atoms with Gasteiger partial charge in [0.25, 0.3) is 0 Å². The summed E-state index contributed by atoms with van der Waals surface area (Å²) in [6.45, 7) is 5.88. The van der Waals surface area contributed by atoms with Crippen LogP contribution >= 0.6 is 0 Å². The van der Waals surface area contributed by atoms with Gasteiger partial charge in [-0.1, -0.05) is 0 Å². The minimum absolute atomic E-state index is 0.142. The number of pyridine rings is 1. The lowest BCUT2D eigenvalue weighted by atomic mass is 10.0. The number of nitrogens with zero attached hydrogens (tertiary/aromatic N) is 3. The number of methoxy groups -OCH3 is 1. The number of hydrogen-bond acceptors (Lipinski definition) is 6. The second-order valence-electron chi connectivity index (χ2n) is 5.05. The van der Waals surface area contributed by atoms with Crippen molar-refractivity contribution in [2.75, 3.05) is 7.11 Å². The zero-order valence-corrected chi connectivity index (χ0v) is 12.8. The topological polar surface area (TPSA) is 86.0 Å². The molecule has 3 N–H and O–H groups in total. The molecule has 21 heavy (non-hydrogen) atoms. The van der Waals surface area contributed by atoms with Crippen LogP contribution in [0.2, 0.25) is 0 Å². The molecule has 0 aliphatic rings. The van der Waals surface area contributed by atoms with Crippen LogP contribution in [0.4, 0.5) is 0 Å². The summed E-state index contributed by atoms with van der Waals surface area (Å²) in [5, 5.41) is 0. The fraction of sp³-hybridized carbons (Fsp3) is 0.400. The molecule has 0 bridgehead atoms. The highest BCUT2D eigenvalue weighted by Gasteiger charge is 2.17. The summed E-state index contributed by atoms with van der Waals surface area (Å²) in [7, 11) is 1.67. The average molecular weight is 287 g/mol. The first-order valence-electron chi connectivity index (χ1n) is 6.80. The summed E-state index contributed by atoms with van der Waals surface area (Å²) in [6.07, 6.45) is 5.91. The molecular weight excluding hydrogens is 266 g/mol. The summed E-state index contributed by atoms with van der Waals surface area (Å²) in [6, 6.07) is -0.142. The third kappa shape index (κ3) is 3.34. The van der Waals surface area contributed by atoms with E-state index in [2.05, 4.69) is 20.4 Å². The summed E-state index contributed by atoms with van der Waals surface area (Å²) >= 11 is 0. The van der Waals surface area contributed by atoms with Crippen molar-refractivity contribution in [1.29, 1.82) is 0 Å². The van der Waals surface area contributed by atoms with Crippen molar-refractivity contribution in [3.63, 3.8) is 0 Å². The summed E-state index contributed by atoms with van der Waals surface area (Å²) < 4.78 is 5.43. The zero-order valence-electron chi connectivity index (χ0n) is 12.8. The molecule has 6 heteroatoms. The van der Waals surface area contributed by atoms with Gasteiger partial charge < -0.3 is 4.74 Å². The van der Waals surface area contributed by atoms with Crippen LogP contribution in [0, 0.1) is 20.8 Å². The molecule has 2 rings (SSSR count). The Hall–Kier alpha value is -2.05. The van der Waals surface area contributed by atoms with E-state index in [-0.39, 0.29) is 6.04 Å². The number of hydrogen-bond donors (Lipinski definition) is 2. The van der Waals surface area contributed by atoms with Crippen LogP contribution in [0.25, 0.3) is 0 Å². The van der Waals surface area contributed by atoms with E-state index in [0.717, 1.165) is 34.0 Å². The summed E-state index contributed by atoms with van der Waals surface area (Å²) in [5.41, 5.74) is 7.43. The highest BCUT2D eigenvalue weighted by molar-refractivity contribution is 5.41. The zero-order chi connectivity index (χ0) is 15.4. The fourth-order valence-corrected chi connectivity index (χ4v) is 2.30. The van der Waals surface area contributed by atoms with Crippen molar-refractivity contribution >= 4 is 0 Å². The Morgan fingerprint density at radius 2 is 1.90 bits per heavy atom. The van der Waals surface area contributed by atoms with E-state index in [0.29, 0.717) is 6.42 Å². The molecule has 0 fully saturated rings. The third-order valence-electron chi connectivity index (χ3n) is 3.51. The van der Waals surface area contributed by atoms with Gasteiger partial charge in [-0.2, -0.15) is 0 Å². The van der Waals surface area contributed by atoms with E-state index in [1.54, 1.807) is 19.5 Å². The van der Waals surface area contributed by atoms with Gasteiger partial charge in [0, 0.05) is 35.6 Å². The molecule has 0 aromatic carbocycles. The molecule has 0 spiro atoms. The van der Waals surface area contributed by atoms with E-state index in [4.69, 9.17) is 10.6 Å². The van der Waals surface area contributed by atoms with Crippen molar-refractivity contribution in [2.24, 2.45) is 5.84 Å². The van der Waals surface area contributed by atoms with Gasteiger partial charge in [-0.15, -0.1) is 0 Å². The van der Waals surface area contributed by atoms with E-state index < -0.39 is 0 Å². The molecule has 0 amide bonds. The van der Waals surface area contributed by atoms with Gasteiger partial charge in [0.15, 0.2) is 0 Å². The monoisotopic (exact) mass is 287 g/mol. The first kappa shape index (κ1) is 15.3. The molecule has 6 nitrogen and oxygen atoms in total. The lowest BCUT2D eigenvalue weighted by Gasteiger charge is -2.17. The molecule has 0 aliphatic heterocycles. The fourth-order valence-electron chi connectivity index (χ4n) is 2.30. The molecule has 1 atom stereocenters. The molecule has 1 unspecified atom stereocenters. The SMILES string of the molecule is COc1c(C)cnc(CC(NN)c2cnc(C)cn2)c1C. The number of ether oxygens (including phenoxy) is 1. The third-order valence-corrected chi connectivity index (χ3v) is 3.51. The first-order valence-corrected chi connectivity index (χ1v) is 6.80. The predicted octanol–water partition coefficient (Wildman–Crippen LogP) is 1.55. The maximum Gasteiger partial charge on any atom is 0.128 e. The normalized spacial score (nSPS) is 12.2. The Morgan fingerprint density at radius 1 is 1.14 bits per heavy atom. The standard InChI is InChI=1S/C15H21N5O/c1-9-6-18-12(11(3)15(9)21-4)5-13(20-16)14-8-17-10(2)7-19-14/h6-8,13,20H,5,16H2,1-4H3. The molecule has 2 aromatic heterocycles. The van der Waals surface area contributed by atoms with Crippen LogP contribution in [0.3, 0.4) is 0 Å². The minimum Gasteiger partial charge on any atom is -0.496 e. The van der Waals surface area contributed by atoms with Gasteiger partial charge in [0.2, 0.25) is 0 Å². The second-order valence-corrected chi connectivity index (χ2v) is 5.05. The molecule has 0 saturated carbocycles. The predicted molar refractivity (Wildman–Crippen MR) is 80.8 cm³/mol. The summed E-state index contributed by atoms with van der Waals surface area (Å²) in [5.74, 6) is 6.53. The number of aromatic nitrogens is 3. The molecule has 2 heterocycles. The highest BCUT2D eigenvalue weighted by atomic mass is 16.5. The van der Waals surface area contributed by atoms with Crippen LogP contribution in [0.1, 0.15) is 34.3 Å². The Labute approximate surface area is 124 Å². The molecular formula is C15H21N5O. The van der Waals surface area contributed by atoms with Gasteiger partial charge >= 0.3 is 0 Å². The van der Waals surface area contributed by atoms with Crippen molar-refractivity contribution in [1.82, 2.24) is 20.4 Å². The van der Waals surface area contributed by atoms with E-state index >= 15 is 0 Å². The summed E-state index contributed by atoms with van der Waals surface area (Å²) in [4.78, 5) is 13.1. The Bertz CT molecular complexity index is 612. The smallest absolute Gasteiger partial charge is 0.128 e. The van der Waals surface area contributed by atoms with Crippen molar-refractivity contribution < 1.29 is 4.74 Å². The van der Waals surface area contributed by atoms with E-state index in [1.165, 1.54) is 0 Å². The van der Waals surface area contributed by atoms with Gasteiger partial charge in [-0.05, 0) is 20.8 Å². The average Bonchev–Trinajstić information content (AvgIpc) is 2.48. The number of nitrogens with one attached hydrogen (secondary N) is 1. The lowest BCUT2D eigenvalue weighted by molar-refractivity contribution is 0.406. The van der Waals surface area contributed by atoms with Crippen LogP contribution in [-0.4, -0.2) is 22.1 Å². The Balaban J connectivity index is 2.29. The molecule has 2 aromatic rings. The minimum atomic E-state index is -0.142. The van der Waals surface area contributed by atoms with Crippen LogP contribution in [0.5, 0.6) is 5.75 Å². The molecule has 0 aliphatic carbocycles. The van der Waals surface area contributed by atoms with Gasteiger partial charge in [-0.3, -0.25) is 26.2 Å². The maximum absolute atomic E-state index is 5.66. The van der Waals surface area contributed by atoms with E-state index in [9.17, 15) is 0 Å². The number of aryl methyl sites for hydroxylation is 2. The molecule has 0 radical (unpaired) electrons. The van der Waals surface area contributed by atoms with Gasteiger partial charge in [-0.25, -0.2) is 0 Å². The largest absolute Gasteiger partial charge is 0.496 e. The van der Waals surface area contributed by atoms with Crippen molar-refractivity contribution in [3.05, 3.63) is 46.8 Å². The lowest BCUT2D eigenvalue weighted by Crippen LogP contribution is -2.31. The number of nitrogens with two attached hydrogens (primary N) is 1. The highest BCUT2D eigenvalue weighted by Crippen LogP contribution is 2.26. The number of rotatable bonds is 5. The molecule has 112 valence electrons. The number of hydrazine groups is 1.